The Labute approximate surface area is 79.8 Å². The van der Waals surface area contributed by atoms with E-state index in [1.165, 1.54) is 0 Å². The van der Waals surface area contributed by atoms with Crippen molar-refractivity contribution in [3.8, 4) is 0 Å². The molecule has 1 aromatic carbocycles. The van der Waals surface area contributed by atoms with Crippen molar-refractivity contribution in [3.63, 3.8) is 0 Å². The minimum absolute atomic E-state index is 0.759. The number of anilines is 1. The van der Waals surface area contributed by atoms with Gasteiger partial charge in [0.15, 0.2) is 0 Å². The lowest BCUT2D eigenvalue weighted by Gasteiger charge is -1.92. The SMILES string of the molecule is Nc1ccc2[nH]c3cnncc3c2c1. The molecule has 0 bridgehead atoms. The molecule has 4 nitrogen and oxygen atoms in total. The van der Waals surface area contributed by atoms with Crippen LogP contribution in [0, 0.1) is 0 Å². The second-order valence-corrected chi connectivity index (χ2v) is 3.25. The van der Waals surface area contributed by atoms with Gasteiger partial charge in [0.05, 0.1) is 17.9 Å². The van der Waals surface area contributed by atoms with E-state index in [4.69, 9.17) is 5.73 Å². The van der Waals surface area contributed by atoms with E-state index >= 15 is 0 Å². The molecule has 0 radical (unpaired) electrons. The Kier molecular flexibility index (Phi) is 1.28. The summed E-state index contributed by atoms with van der Waals surface area (Å²) >= 11 is 0. The standard InChI is InChI=1S/C10H8N4/c11-6-1-2-9-7(3-6)8-4-12-13-5-10(8)14-9/h1-5,14H,11H2. The van der Waals surface area contributed by atoms with Crippen LogP contribution in [0.4, 0.5) is 5.69 Å². The molecule has 2 heterocycles. The summed E-state index contributed by atoms with van der Waals surface area (Å²) in [6.07, 6.45) is 3.46. The highest BCUT2D eigenvalue weighted by molar-refractivity contribution is 6.07. The van der Waals surface area contributed by atoms with Gasteiger partial charge in [0.1, 0.15) is 0 Å². The molecule has 0 amide bonds. The highest BCUT2D eigenvalue weighted by atomic mass is 15.1. The summed E-state index contributed by atoms with van der Waals surface area (Å²) in [4.78, 5) is 3.25. The first-order valence-corrected chi connectivity index (χ1v) is 4.32. The maximum absolute atomic E-state index is 5.72. The molecule has 3 N–H and O–H groups in total. The van der Waals surface area contributed by atoms with E-state index in [-0.39, 0.29) is 0 Å². The Bertz CT molecular complexity index is 612. The molecule has 0 aliphatic rings. The number of H-pyrrole nitrogens is 1. The quantitative estimate of drug-likeness (QED) is 0.522. The Hall–Kier alpha value is -2.10. The van der Waals surface area contributed by atoms with Gasteiger partial charge in [-0.3, -0.25) is 0 Å². The van der Waals surface area contributed by atoms with Gasteiger partial charge in [-0.05, 0) is 18.2 Å². The molecule has 2 aromatic heterocycles. The minimum Gasteiger partial charge on any atom is -0.399 e. The monoisotopic (exact) mass is 184 g/mol. The molecule has 4 heteroatoms. The van der Waals surface area contributed by atoms with Crippen molar-refractivity contribution in [1.29, 1.82) is 0 Å². The average molecular weight is 184 g/mol. The van der Waals surface area contributed by atoms with Gasteiger partial charge in [-0.2, -0.15) is 10.2 Å². The number of nitrogens with one attached hydrogen (secondary N) is 1. The molecule has 0 aliphatic heterocycles. The summed E-state index contributed by atoms with van der Waals surface area (Å²) < 4.78 is 0. The fourth-order valence-corrected chi connectivity index (χ4v) is 1.67. The van der Waals surface area contributed by atoms with Gasteiger partial charge in [0, 0.05) is 22.0 Å². The molecular weight excluding hydrogens is 176 g/mol. The maximum atomic E-state index is 5.72. The number of nitrogens with zero attached hydrogens (tertiary/aromatic N) is 2. The number of aromatic nitrogens is 3. The van der Waals surface area contributed by atoms with Crippen molar-refractivity contribution >= 4 is 27.5 Å². The Balaban J connectivity index is 2.58. The van der Waals surface area contributed by atoms with Gasteiger partial charge >= 0.3 is 0 Å². The number of hydrogen-bond donors (Lipinski definition) is 2. The number of nitrogen functional groups attached to an aromatic ring is 1. The lowest BCUT2D eigenvalue weighted by molar-refractivity contribution is 1.05. The Morgan fingerprint density at radius 1 is 1.00 bits per heavy atom. The van der Waals surface area contributed by atoms with Gasteiger partial charge in [-0.15, -0.1) is 0 Å². The van der Waals surface area contributed by atoms with E-state index in [2.05, 4.69) is 15.2 Å². The number of hydrogen-bond acceptors (Lipinski definition) is 3. The topological polar surface area (TPSA) is 67.6 Å². The Morgan fingerprint density at radius 3 is 2.79 bits per heavy atom. The van der Waals surface area contributed by atoms with E-state index in [0.29, 0.717) is 0 Å². The highest BCUT2D eigenvalue weighted by Crippen LogP contribution is 2.25. The third-order valence-corrected chi connectivity index (χ3v) is 2.33. The predicted molar refractivity (Wildman–Crippen MR) is 55.8 cm³/mol. The maximum Gasteiger partial charge on any atom is 0.0737 e. The lowest BCUT2D eigenvalue weighted by Crippen LogP contribution is -1.82. The number of fused-ring (bicyclic) bond motifs is 3. The van der Waals surface area contributed by atoms with Crippen LogP contribution < -0.4 is 5.73 Å². The predicted octanol–water partition coefficient (Wildman–Crippen LogP) is 1.69. The first-order chi connectivity index (χ1) is 6.84. The van der Waals surface area contributed by atoms with Crippen molar-refractivity contribution in [2.24, 2.45) is 0 Å². The van der Waals surface area contributed by atoms with E-state index in [1.807, 2.05) is 18.2 Å². The molecule has 68 valence electrons. The smallest absolute Gasteiger partial charge is 0.0737 e. The molecule has 0 saturated heterocycles. The summed E-state index contributed by atoms with van der Waals surface area (Å²) in [6, 6.07) is 5.78. The molecule has 0 spiro atoms. The number of benzene rings is 1. The molecule has 3 rings (SSSR count). The summed E-state index contributed by atoms with van der Waals surface area (Å²) in [5.74, 6) is 0. The Morgan fingerprint density at radius 2 is 1.86 bits per heavy atom. The van der Waals surface area contributed by atoms with E-state index in [0.717, 1.165) is 27.5 Å². The third kappa shape index (κ3) is 0.877. The molecule has 14 heavy (non-hydrogen) atoms. The third-order valence-electron chi connectivity index (χ3n) is 2.33. The van der Waals surface area contributed by atoms with Crippen molar-refractivity contribution in [2.45, 2.75) is 0 Å². The van der Waals surface area contributed by atoms with Crippen LogP contribution in [0.2, 0.25) is 0 Å². The molecule has 3 aromatic rings. The molecule has 0 fully saturated rings. The van der Waals surface area contributed by atoms with Crippen LogP contribution in [-0.2, 0) is 0 Å². The number of nitrogens with two attached hydrogens (primary N) is 1. The van der Waals surface area contributed by atoms with Crippen LogP contribution in [0.3, 0.4) is 0 Å². The largest absolute Gasteiger partial charge is 0.399 e. The molecule has 0 atom stereocenters. The van der Waals surface area contributed by atoms with Crippen molar-refractivity contribution in [1.82, 2.24) is 15.2 Å². The van der Waals surface area contributed by atoms with E-state index < -0.39 is 0 Å². The second-order valence-electron chi connectivity index (χ2n) is 3.25. The molecule has 0 aliphatic carbocycles. The first-order valence-electron chi connectivity index (χ1n) is 4.32. The van der Waals surface area contributed by atoms with Crippen LogP contribution in [0.15, 0.2) is 30.6 Å². The molecule has 0 saturated carbocycles. The van der Waals surface area contributed by atoms with Gasteiger partial charge in [0.2, 0.25) is 0 Å². The fraction of sp³-hybridized carbons (Fsp3) is 0. The normalized spacial score (nSPS) is 11.1. The minimum atomic E-state index is 0.759. The van der Waals surface area contributed by atoms with Crippen LogP contribution in [0.1, 0.15) is 0 Å². The van der Waals surface area contributed by atoms with Gasteiger partial charge < -0.3 is 10.7 Å². The number of aromatic amines is 1. The zero-order valence-electron chi connectivity index (χ0n) is 7.36. The first kappa shape index (κ1) is 7.32. The van der Waals surface area contributed by atoms with Gasteiger partial charge in [-0.25, -0.2) is 0 Å². The van der Waals surface area contributed by atoms with Crippen LogP contribution >= 0.6 is 0 Å². The van der Waals surface area contributed by atoms with E-state index in [9.17, 15) is 0 Å². The number of rotatable bonds is 0. The fourth-order valence-electron chi connectivity index (χ4n) is 1.67. The summed E-state index contributed by atoms with van der Waals surface area (Å²) in [6.45, 7) is 0. The van der Waals surface area contributed by atoms with Crippen LogP contribution in [0.25, 0.3) is 21.8 Å². The summed E-state index contributed by atoms with van der Waals surface area (Å²) in [5, 5.41) is 9.82. The van der Waals surface area contributed by atoms with Crippen LogP contribution in [0.5, 0.6) is 0 Å². The molecular formula is C10H8N4. The summed E-state index contributed by atoms with van der Waals surface area (Å²) in [5.41, 5.74) is 8.53. The van der Waals surface area contributed by atoms with Crippen molar-refractivity contribution in [3.05, 3.63) is 30.6 Å². The van der Waals surface area contributed by atoms with Crippen molar-refractivity contribution < 1.29 is 0 Å². The van der Waals surface area contributed by atoms with Crippen LogP contribution in [-0.4, -0.2) is 15.2 Å². The van der Waals surface area contributed by atoms with Gasteiger partial charge in [0.25, 0.3) is 0 Å². The zero-order valence-corrected chi connectivity index (χ0v) is 7.36. The highest BCUT2D eigenvalue weighted by Gasteiger charge is 2.03. The average Bonchev–Trinajstić information content (AvgIpc) is 2.56. The van der Waals surface area contributed by atoms with E-state index in [1.54, 1.807) is 12.4 Å². The zero-order chi connectivity index (χ0) is 9.54. The second kappa shape index (κ2) is 2.45. The van der Waals surface area contributed by atoms with Gasteiger partial charge in [-0.1, -0.05) is 0 Å². The lowest BCUT2D eigenvalue weighted by atomic mass is 10.2. The van der Waals surface area contributed by atoms with Crippen molar-refractivity contribution in [2.75, 3.05) is 5.73 Å². The molecule has 0 unspecified atom stereocenters. The summed E-state index contributed by atoms with van der Waals surface area (Å²) in [7, 11) is 0.